The zero-order valence-electron chi connectivity index (χ0n) is 12.0. The van der Waals surface area contributed by atoms with Gasteiger partial charge in [-0.15, -0.1) is 0 Å². The van der Waals surface area contributed by atoms with Crippen molar-refractivity contribution in [3.63, 3.8) is 0 Å². The molecule has 1 aromatic carbocycles. The third-order valence-corrected chi connectivity index (χ3v) is 3.29. The second-order valence-corrected chi connectivity index (χ2v) is 5.04. The Balaban J connectivity index is 2.15. The van der Waals surface area contributed by atoms with E-state index in [2.05, 4.69) is 10.6 Å². The molecule has 120 valence electrons. The summed E-state index contributed by atoms with van der Waals surface area (Å²) in [7, 11) is 0. The van der Waals surface area contributed by atoms with Gasteiger partial charge in [0, 0.05) is 25.6 Å². The van der Waals surface area contributed by atoms with Crippen molar-refractivity contribution in [2.45, 2.75) is 32.0 Å². The molecule has 1 saturated heterocycles. The Kier molecular flexibility index (Phi) is 5.04. The normalized spacial score (nSPS) is 20.7. The van der Waals surface area contributed by atoms with Crippen molar-refractivity contribution in [1.29, 1.82) is 0 Å². The lowest BCUT2D eigenvalue weighted by Crippen LogP contribution is -2.30. The first-order valence-electron chi connectivity index (χ1n) is 6.83. The number of nitrogens with one attached hydrogen (secondary N) is 2. The summed E-state index contributed by atoms with van der Waals surface area (Å²) in [6.07, 6.45) is 0.264. The first-order valence-corrected chi connectivity index (χ1v) is 6.83. The average Bonchev–Trinajstić information content (AvgIpc) is 2.92. The molecule has 0 spiro atoms. The topological polar surface area (TPSA) is 93.5 Å². The summed E-state index contributed by atoms with van der Waals surface area (Å²) in [5, 5.41) is 4.78. The summed E-state index contributed by atoms with van der Waals surface area (Å²) in [6, 6.07) is 1.62. The van der Waals surface area contributed by atoms with E-state index in [0.717, 1.165) is 12.1 Å². The molecule has 2 atom stereocenters. The van der Waals surface area contributed by atoms with Gasteiger partial charge in [-0.3, -0.25) is 9.59 Å². The summed E-state index contributed by atoms with van der Waals surface area (Å²) >= 11 is 0. The van der Waals surface area contributed by atoms with Gasteiger partial charge in [-0.25, -0.2) is 8.78 Å². The van der Waals surface area contributed by atoms with Crippen molar-refractivity contribution in [2.24, 2.45) is 5.73 Å². The predicted molar refractivity (Wildman–Crippen MR) is 76.2 cm³/mol. The van der Waals surface area contributed by atoms with Gasteiger partial charge in [0.2, 0.25) is 5.91 Å². The standard InChI is InChI=1S/C14H17F2N3O3/c1-7(20)18-11-4-9(15)10(16)5-12(11)19-14(21)13-3-2-8(6-17)22-13/h4-5,8,13H,2-3,6,17H2,1H3,(H,18,20)(H,19,21)/t8-,13+/m1/s1. The summed E-state index contributed by atoms with van der Waals surface area (Å²) in [4.78, 5) is 23.2. The van der Waals surface area contributed by atoms with Crippen LogP contribution in [0.15, 0.2) is 12.1 Å². The van der Waals surface area contributed by atoms with Crippen molar-refractivity contribution in [2.75, 3.05) is 17.2 Å². The molecule has 4 N–H and O–H groups in total. The number of carbonyl (C=O) groups excluding carboxylic acids is 2. The van der Waals surface area contributed by atoms with Crippen molar-refractivity contribution in [3.8, 4) is 0 Å². The van der Waals surface area contributed by atoms with E-state index in [9.17, 15) is 18.4 Å². The summed E-state index contributed by atoms with van der Waals surface area (Å²) in [5.74, 6) is -3.21. The Morgan fingerprint density at radius 1 is 1.23 bits per heavy atom. The number of benzene rings is 1. The number of ether oxygens (including phenoxy) is 1. The van der Waals surface area contributed by atoms with E-state index in [1.54, 1.807) is 0 Å². The van der Waals surface area contributed by atoms with Crippen LogP contribution < -0.4 is 16.4 Å². The van der Waals surface area contributed by atoms with E-state index in [0.29, 0.717) is 19.4 Å². The van der Waals surface area contributed by atoms with Gasteiger partial charge in [-0.2, -0.15) is 0 Å². The molecule has 22 heavy (non-hydrogen) atoms. The second kappa shape index (κ2) is 6.80. The number of carbonyl (C=O) groups is 2. The fourth-order valence-electron chi connectivity index (χ4n) is 2.23. The van der Waals surface area contributed by atoms with Gasteiger partial charge in [0.15, 0.2) is 11.6 Å². The molecule has 0 bridgehead atoms. The van der Waals surface area contributed by atoms with Gasteiger partial charge in [0.05, 0.1) is 17.5 Å². The summed E-state index contributed by atoms with van der Waals surface area (Å²) in [5.41, 5.74) is 5.42. The lowest BCUT2D eigenvalue weighted by Gasteiger charge is -2.15. The van der Waals surface area contributed by atoms with Gasteiger partial charge in [0.1, 0.15) is 6.10 Å². The molecular weight excluding hydrogens is 296 g/mol. The number of anilines is 2. The number of nitrogens with two attached hydrogens (primary N) is 1. The van der Waals surface area contributed by atoms with Crippen LogP contribution >= 0.6 is 0 Å². The SMILES string of the molecule is CC(=O)Nc1cc(F)c(F)cc1NC(=O)[C@@H]1CC[C@H](CN)O1. The molecule has 0 saturated carbocycles. The number of amides is 2. The van der Waals surface area contributed by atoms with Crippen LogP contribution in [0.5, 0.6) is 0 Å². The molecule has 8 heteroatoms. The quantitative estimate of drug-likeness (QED) is 0.782. The minimum atomic E-state index is -1.13. The van der Waals surface area contributed by atoms with Crippen LogP contribution in [0.25, 0.3) is 0 Å². The van der Waals surface area contributed by atoms with Gasteiger partial charge >= 0.3 is 0 Å². The number of hydrogen-bond donors (Lipinski definition) is 3. The Hall–Kier alpha value is -2.06. The Morgan fingerprint density at radius 2 is 1.82 bits per heavy atom. The fourth-order valence-corrected chi connectivity index (χ4v) is 2.23. The van der Waals surface area contributed by atoms with Crippen molar-refractivity contribution < 1.29 is 23.1 Å². The number of rotatable bonds is 4. The maximum absolute atomic E-state index is 13.4. The number of halogens is 2. The zero-order valence-corrected chi connectivity index (χ0v) is 12.0. The van der Waals surface area contributed by atoms with E-state index in [-0.39, 0.29) is 17.5 Å². The van der Waals surface area contributed by atoms with Gasteiger partial charge in [-0.05, 0) is 12.8 Å². The highest BCUT2D eigenvalue weighted by Crippen LogP contribution is 2.27. The lowest BCUT2D eigenvalue weighted by molar-refractivity contribution is -0.126. The highest BCUT2D eigenvalue weighted by molar-refractivity contribution is 6.00. The third kappa shape index (κ3) is 3.77. The van der Waals surface area contributed by atoms with E-state index < -0.39 is 29.6 Å². The predicted octanol–water partition coefficient (Wildman–Crippen LogP) is 1.37. The molecule has 6 nitrogen and oxygen atoms in total. The lowest BCUT2D eigenvalue weighted by atomic mass is 10.1. The van der Waals surface area contributed by atoms with Crippen molar-refractivity contribution >= 4 is 23.2 Å². The molecule has 2 rings (SSSR count). The van der Waals surface area contributed by atoms with Crippen LogP contribution in [0.1, 0.15) is 19.8 Å². The average molecular weight is 313 g/mol. The second-order valence-electron chi connectivity index (χ2n) is 5.04. The molecular formula is C14H17F2N3O3. The van der Waals surface area contributed by atoms with Gasteiger partial charge in [-0.1, -0.05) is 0 Å². The van der Waals surface area contributed by atoms with Crippen LogP contribution in [-0.4, -0.2) is 30.6 Å². The fraction of sp³-hybridized carbons (Fsp3) is 0.429. The first-order chi connectivity index (χ1) is 10.4. The summed E-state index contributed by atoms with van der Waals surface area (Å²) in [6.45, 7) is 1.53. The molecule has 0 aliphatic carbocycles. The molecule has 0 aromatic heterocycles. The van der Waals surface area contributed by atoms with Crippen LogP contribution in [0.4, 0.5) is 20.2 Å². The third-order valence-electron chi connectivity index (χ3n) is 3.29. The van der Waals surface area contributed by atoms with E-state index in [1.165, 1.54) is 6.92 Å². The molecule has 1 fully saturated rings. The van der Waals surface area contributed by atoms with Crippen molar-refractivity contribution in [3.05, 3.63) is 23.8 Å². The zero-order chi connectivity index (χ0) is 16.3. The smallest absolute Gasteiger partial charge is 0.253 e. The maximum Gasteiger partial charge on any atom is 0.253 e. The molecule has 1 aromatic rings. The summed E-state index contributed by atoms with van der Waals surface area (Å²) < 4.78 is 32.0. The molecule has 0 radical (unpaired) electrons. The number of hydrogen-bond acceptors (Lipinski definition) is 4. The van der Waals surface area contributed by atoms with E-state index in [4.69, 9.17) is 10.5 Å². The van der Waals surface area contributed by atoms with Crippen LogP contribution in [-0.2, 0) is 14.3 Å². The molecule has 0 unspecified atom stereocenters. The minimum Gasteiger partial charge on any atom is -0.364 e. The van der Waals surface area contributed by atoms with Gasteiger partial charge in [0.25, 0.3) is 5.91 Å². The van der Waals surface area contributed by atoms with E-state index in [1.807, 2.05) is 0 Å². The Bertz CT molecular complexity index is 595. The van der Waals surface area contributed by atoms with E-state index >= 15 is 0 Å². The molecule has 1 aliphatic rings. The van der Waals surface area contributed by atoms with Crippen molar-refractivity contribution in [1.82, 2.24) is 0 Å². The Morgan fingerprint density at radius 3 is 2.32 bits per heavy atom. The molecule has 1 heterocycles. The van der Waals surface area contributed by atoms with Crippen LogP contribution in [0.2, 0.25) is 0 Å². The highest BCUT2D eigenvalue weighted by Gasteiger charge is 2.30. The Labute approximate surface area is 126 Å². The first kappa shape index (κ1) is 16.3. The maximum atomic E-state index is 13.4. The molecule has 1 aliphatic heterocycles. The van der Waals surface area contributed by atoms with Gasteiger partial charge < -0.3 is 21.1 Å². The largest absolute Gasteiger partial charge is 0.364 e. The highest BCUT2D eigenvalue weighted by atomic mass is 19.2. The van der Waals surface area contributed by atoms with Crippen LogP contribution in [0, 0.1) is 11.6 Å². The monoisotopic (exact) mass is 313 g/mol. The minimum absolute atomic E-state index is 0.0203. The molecule has 2 amide bonds. The van der Waals surface area contributed by atoms with Crippen LogP contribution in [0.3, 0.4) is 0 Å².